The number of amides is 2. The zero-order valence-corrected chi connectivity index (χ0v) is 17.7. The summed E-state index contributed by atoms with van der Waals surface area (Å²) in [5, 5.41) is 6.18. The van der Waals surface area contributed by atoms with Gasteiger partial charge in [0.15, 0.2) is 0 Å². The Morgan fingerprint density at radius 3 is 2.04 bits per heavy atom. The fourth-order valence-electron chi connectivity index (χ4n) is 3.83. The number of nitrogens with zero attached hydrogens (tertiary/aromatic N) is 2. The van der Waals surface area contributed by atoms with Crippen LogP contribution in [0.4, 0.5) is 0 Å². The van der Waals surface area contributed by atoms with Gasteiger partial charge in [-0.1, -0.05) is 12.1 Å². The maximum atomic E-state index is 12.5. The molecule has 2 amide bonds. The maximum absolute atomic E-state index is 12.5. The summed E-state index contributed by atoms with van der Waals surface area (Å²) in [6, 6.07) is 4.78. The molecule has 1 atom stereocenters. The molecule has 6 heteroatoms. The van der Waals surface area contributed by atoms with E-state index in [1.54, 1.807) is 0 Å². The van der Waals surface area contributed by atoms with E-state index in [0.29, 0.717) is 19.1 Å². The number of hydrogen-bond donors (Lipinski definition) is 2. The molecular weight excluding hydrogens is 352 g/mol. The first-order valence-electron chi connectivity index (χ1n) is 10.4. The molecule has 2 aliphatic rings. The SMILES string of the molecule is Cc1cc(C)c([C@H](C)NC(=O)CN2CCN(CC(=O)NC3CC3)CC2)cc1C. The van der Waals surface area contributed by atoms with Crippen molar-refractivity contribution in [3.8, 4) is 0 Å². The molecule has 0 aromatic heterocycles. The molecule has 2 N–H and O–H groups in total. The fraction of sp³-hybridized carbons (Fsp3) is 0.636. The van der Waals surface area contributed by atoms with E-state index in [1.165, 1.54) is 22.3 Å². The summed E-state index contributed by atoms with van der Waals surface area (Å²) in [4.78, 5) is 28.8. The van der Waals surface area contributed by atoms with Crippen molar-refractivity contribution in [2.75, 3.05) is 39.3 Å². The van der Waals surface area contributed by atoms with Crippen molar-refractivity contribution in [1.29, 1.82) is 0 Å². The van der Waals surface area contributed by atoms with Crippen LogP contribution in [-0.2, 0) is 9.59 Å². The van der Waals surface area contributed by atoms with E-state index in [1.807, 2.05) is 6.92 Å². The minimum absolute atomic E-state index is 0.000732. The molecule has 1 aliphatic carbocycles. The smallest absolute Gasteiger partial charge is 0.234 e. The summed E-state index contributed by atoms with van der Waals surface area (Å²) < 4.78 is 0. The van der Waals surface area contributed by atoms with Crippen LogP contribution in [0.1, 0.15) is 48.1 Å². The second kappa shape index (κ2) is 9.05. The number of nitrogens with one attached hydrogen (secondary N) is 2. The van der Waals surface area contributed by atoms with E-state index in [4.69, 9.17) is 0 Å². The molecule has 1 aromatic carbocycles. The summed E-state index contributed by atoms with van der Waals surface area (Å²) >= 11 is 0. The Labute approximate surface area is 168 Å². The molecule has 154 valence electrons. The molecule has 0 radical (unpaired) electrons. The van der Waals surface area contributed by atoms with Crippen LogP contribution in [0, 0.1) is 20.8 Å². The Kier molecular flexibility index (Phi) is 6.73. The van der Waals surface area contributed by atoms with Crippen LogP contribution in [0.25, 0.3) is 0 Å². The third-order valence-corrected chi connectivity index (χ3v) is 5.87. The average Bonchev–Trinajstić information content (AvgIpc) is 3.43. The largest absolute Gasteiger partial charge is 0.352 e. The van der Waals surface area contributed by atoms with Crippen LogP contribution in [-0.4, -0.2) is 66.9 Å². The Morgan fingerprint density at radius 1 is 0.929 bits per heavy atom. The van der Waals surface area contributed by atoms with Crippen molar-refractivity contribution in [2.45, 2.75) is 52.6 Å². The summed E-state index contributed by atoms with van der Waals surface area (Å²) in [6.45, 7) is 12.6. The Morgan fingerprint density at radius 2 is 1.46 bits per heavy atom. The molecule has 2 fully saturated rings. The number of benzene rings is 1. The summed E-state index contributed by atoms with van der Waals surface area (Å²) in [5.74, 6) is 0.191. The van der Waals surface area contributed by atoms with Crippen LogP contribution in [0.15, 0.2) is 12.1 Å². The first-order valence-corrected chi connectivity index (χ1v) is 10.4. The predicted octanol–water partition coefficient (Wildman–Crippen LogP) is 1.69. The highest BCUT2D eigenvalue weighted by Crippen LogP contribution is 2.21. The molecule has 28 heavy (non-hydrogen) atoms. The molecule has 1 aliphatic heterocycles. The zero-order chi connectivity index (χ0) is 20.3. The molecular formula is C22H34N4O2. The highest BCUT2D eigenvalue weighted by atomic mass is 16.2. The molecule has 6 nitrogen and oxygen atoms in total. The third-order valence-electron chi connectivity index (χ3n) is 5.87. The Bertz CT molecular complexity index is 721. The Balaban J connectivity index is 1.41. The van der Waals surface area contributed by atoms with Crippen LogP contribution in [0.5, 0.6) is 0 Å². The van der Waals surface area contributed by atoms with Crippen LogP contribution in [0.3, 0.4) is 0 Å². The van der Waals surface area contributed by atoms with E-state index >= 15 is 0 Å². The minimum Gasteiger partial charge on any atom is -0.352 e. The highest BCUT2D eigenvalue weighted by molar-refractivity contribution is 5.79. The standard InChI is InChI=1S/C22H34N4O2/c1-15-11-17(3)20(12-16(15)2)18(4)23-21(27)13-25-7-9-26(10-8-25)14-22(28)24-19-5-6-19/h11-12,18-19H,5-10,13-14H2,1-4H3,(H,23,27)(H,24,28)/t18-/m0/s1. The number of piperazine rings is 1. The lowest BCUT2D eigenvalue weighted by Gasteiger charge is -2.34. The van der Waals surface area contributed by atoms with E-state index in [2.05, 4.69) is 53.3 Å². The van der Waals surface area contributed by atoms with Crippen molar-refractivity contribution in [2.24, 2.45) is 0 Å². The summed E-state index contributed by atoms with van der Waals surface area (Å²) in [7, 11) is 0. The van der Waals surface area contributed by atoms with Gasteiger partial charge in [0.1, 0.15) is 0 Å². The number of carbonyl (C=O) groups excluding carboxylic acids is 2. The van der Waals surface area contributed by atoms with Gasteiger partial charge in [-0.05, 0) is 62.8 Å². The van der Waals surface area contributed by atoms with Gasteiger partial charge in [0.25, 0.3) is 0 Å². The van der Waals surface area contributed by atoms with Crippen molar-refractivity contribution >= 4 is 11.8 Å². The number of hydrogen-bond acceptors (Lipinski definition) is 4. The highest BCUT2D eigenvalue weighted by Gasteiger charge is 2.26. The molecule has 1 saturated heterocycles. The monoisotopic (exact) mass is 386 g/mol. The van der Waals surface area contributed by atoms with Crippen LogP contribution in [0.2, 0.25) is 0 Å². The quantitative estimate of drug-likeness (QED) is 0.748. The summed E-state index contributed by atoms with van der Waals surface area (Å²) in [5.41, 5.74) is 4.93. The van der Waals surface area contributed by atoms with Gasteiger partial charge in [-0.3, -0.25) is 19.4 Å². The van der Waals surface area contributed by atoms with Crippen molar-refractivity contribution in [3.63, 3.8) is 0 Å². The first-order chi connectivity index (χ1) is 13.3. The predicted molar refractivity (Wildman–Crippen MR) is 111 cm³/mol. The fourth-order valence-corrected chi connectivity index (χ4v) is 3.83. The van der Waals surface area contributed by atoms with Gasteiger partial charge < -0.3 is 10.6 Å². The Hall–Kier alpha value is -1.92. The zero-order valence-electron chi connectivity index (χ0n) is 17.7. The number of rotatable bonds is 7. The van der Waals surface area contributed by atoms with E-state index < -0.39 is 0 Å². The van der Waals surface area contributed by atoms with Crippen molar-refractivity contribution in [3.05, 3.63) is 34.4 Å². The van der Waals surface area contributed by atoms with Gasteiger partial charge >= 0.3 is 0 Å². The first kappa shape index (κ1) is 20.8. The second-order valence-electron chi connectivity index (χ2n) is 8.48. The summed E-state index contributed by atoms with van der Waals surface area (Å²) in [6.07, 6.45) is 2.24. The van der Waals surface area contributed by atoms with Gasteiger partial charge in [0.05, 0.1) is 19.1 Å². The van der Waals surface area contributed by atoms with Gasteiger partial charge in [-0.2, -0.15) is 0 Å². The van der Waals surface area contributed by atoms with Crippen molar-refractivity contribution < 1.29 is 9.59 Å². The lowest BCUT2D eigenvalue weighted by Crippen LogP contribution is -2.51. The van der Waals surface area contributed by atoms with Gasteiger partial charge in [-0.15, -0.1) is 0 Å². The molecule has 0 unspecified atom stereocenters. The van der Waals surface area contributed by atoms with E-state index in [9.17, 15) is 9.59 Å². The average molecular weight is 387 g/mol. The molecule has 3 rings (SSSR count). The molecule has 0 spiro atoms. The molecule has 1 aromatic rings. The minimum atomic E-state index is -0.000732. The molecule has 0 bridgehead atoms. The van der Waals surface area contributed by atoms with E-state index in [0.717, 1.165) is 39.0 Å². The number of aryl methyl sites for hydroxylation is 3. The van der Waals surface area contributed by atoms with Gasteiger partial charge in [0.2, 0.25) is 11.8 Å². The lowest BCUT2D eigenvalue weighted by molar-refractivity contribution is -0.125. The molecule has 1 saturated carbocycles. The van der Waals surface area contributed by atoms with Crippen LogP contribution >= 0.6 is 0 Å². The van der Waals surface area contributed by atoms with Crippen LogP contribution < -0.4 is 10.6 Å². The maximum Gasteiger partial charge on any atom is 0.234 e. The van der Waals surface area contributed by atoms with Gasteiger partial charge in [-0.25, -0.2) is 0 Å². The van der Waals surface area contributed by atoms with E-state index in [-0.39, 0.29) is 17.9 Å². The van der Waals surface area contributed by atoms with Gasteiger partial charge in [0, 0.05) is 32.2 Å². The molecule has 1 heterocycles. The normalized spacial score (nSPS) is 19.3. The van der Waals surface area contributed by atoms with Crippen molar-refractivity contribution in [1.82, 2.24) is 20.4 Å². The lowest BCUT2D eigenvalue weighted by atomic mass is 9.96. The third kappa shape index (κ3) is 5.79. The topological polar surface area (TPSA) is 64.7 Å². The second-order valence-corrected chi connectivity index (χ2v) is 8.48. The number of carbonyl (C=O) groups is 2.